The van der Waals surface area contributed by atoms with Gasteiger partial charge in [-0.3, -0.25) is 0 Å². The minimum Gasteiger partial charge on any atom is -0.373 e. The number of aryl methyl sites for hydroxylation is 1. The summed E-state index contributed by atoms with van der Waals surface area (Å²) in [5.74, 6) is 0. The molecule has 0 heterocycles. The van der Waals surface area contributed by atoms with Crippen molar-refractivity contribution in [1.82, 2.24) is 5.32 Å². The third kappa shape index (κ3) is 3.67. The maximum absolute atomic E-state index is 6.35. The molecule has 2 nitrogen and oxygen atoms in total. The first-order chi connectivity index (χ1) is 9.92. The lowest BCUT2D eigenvalue weighted by Gasteiger charge is -2.47. The highest BCUT2D eigenvalue weighted by Gasteiger charge is 2.44. The minimum atomic E-state index is -0.0627. The van der Waals surface area contributed by atoms with Crippen LogP contribution in [0.3, 0.4) is 0 Å². The Morgan fingerprint density at radius 1 is 1.19 bits per heavy atom. The van der Waals surface area contributed by atoms with Gasteiger partial charge in [0.15, 0.2) is 0 Å². The quantitative estimate of drug-likeness (QED) is 0.853. The molecular formula is C19H31NO. The summed E-state index contributed by atoms with van der Waals surface area (Å²) in [4.78, 5) is 0. The summed E-state index contributed by atoms with van der Waals surface area (Å²) in [5.41, 5.74) is 3.05. The van der Waals surface area contributed by atoms with Gasteiger partial charge in [0, 0.05) is 6.61 Å². The fourth-order valence-corrected chi connectivity index (χ4v) is 3.74. The average molecular weight is 289 g/mol. The highest BCUT2D eigenvalue weighted by atomic mass is 16.5. The van der Waals surface area contributed by atoms with Crippen LogP contribution in [0.4, 0.5) is 0 Å². The van der Waals surface area contributed by atoms with Crippen molar-refractivity contribution in [2.45, 2.75) is 65.0 Å². The van der Waals surface area contributed by atoms with Gasteiger partial charge in [0.05, 0.1) is 11.6 Å². The third-order valence-electron chi connectivity index (χ3n) is 5.07. The molecule has 1 aliphatic carbocycles. The van der Waals surface area contributed by atoms with Crippen molar-refractivity contribution in [3.8, 4) is 0 Å². The van der Waals surface area contributed by atoms with E-state index in [9.17, 15) is 0 Å². The molecule has 0 aliphatic heterocycles. The van der Waals surface area contributed by atoms with Gasteiger partial charge in [-0.15, -0.1) is 0 Å². The maximum atomic E-state index is 6.35. The van der Waals surface area contributed by atoms with Gasteiger partial charge in [-0.05, 0) is 57.6 Å². The van der Waals surface area contributed by atoms with E-state index in [4.69, 9.17) is 4.74 Å². The van der Waals surface area contributed by atoms with E-state index in [0.717, 1.165) is 19.4 Å². The van der Waals surface area contributed by atoms with Gasteiger partial charge in [-0.1, -0.05) is 43.7 Å². The first-order valence-electron chi connectivity index (χ1n) is 8.30. The second kappa shape index (κ2) is 6.50. The van der Waals surface area contributed by atoms with E-state index < -0.39 is 0 Å². The zero-order valence-corrected chi connectivity index (χ0v) is 14.3. The van der Waals surface area contributed by atoms with Crippen molar-refractivity contribution in [2.24, 2.45) is 5.41 Å². The molecule has 2 heteroatoms. The van der Waals surface area contributed by atoms with Crippen LogP contribution in [0.25, 0.3) is 0 Å². The second-order valence-electron chi connectivity index (χ2n) is 7.30. The highest BCUT2D eigenvalue weighted by molar-refractivity contribution is 5.28. The van der Waals surface area contributed by atoms with Gasteiger partial charge in [0.25, 0.3) is 0 Å². The predicted octanol–water partition coefficient (Wildman–Crippen LogP) is 4.63. The van der Waals surface area contributed by atoms with Gasteiger partial charge in [0.2, 0.25) is 0 Å². The van der Waals surface area contributed by atoms with Gasteiger partial charge in [0.1, 0.15) is 0 Å². The topological polar surface area (TPSA) is 21.3 Å². The summed E-state index contributed by atoms with van der Waals surface area (Å²) in [6.07, 6.45) is 4.73. The number of hydrogen-bond donors (Lipinski definition) is 1. The van der Waals surface area contributed by atoms with E-state index in [1.54, 1.807) is 0 Å². The van der Waals surface area contributed by atoms with Crippen molar-refractivity contribution >= 4 is 0 Å². The molecule has 1 aromatic rings. The Kier molecular flexibility index (Phi) is 5.11. The molecule has 1 fully saturated rings. The number of ether oxygens (including phenoxy) is 1. The molecule has 0 bridgehead atoms. The Hall–Kier alpha value is -0.860. The van der Waals surface area contributed by atoms with E-state index in [0.29, 0.717) is 5.41 Å². The first kappa shape index (κ1) is 16.5. The molecule has 2 rings (SSSR count). The summed E-state index contributed by atoms with van der Waals surface area (Å²) in [6, 6.07) is 9.11. The SMILES string of the molecule is CCOC1(C(NC)c2cccc(C)c2)CCC(C)(C)CC1. The van der Waals surface area contributed by atoms with Crippen LogP contribution in [-0.4, -0.2) is 19.3 Å². The van der Waals surface area contributed by atoms with Crippen LogP contribution in [0, 0.1) is 12.3 Å². The molecule has 21 heavy (non-hydrogen) atoms. The summed E-state index contributed by atoms with van der Waals surface area (Å²) < 4.78 is 6.35. The smallest absolute Gasteiger partial charge is 0.0876 e. The van der Waals surface area contributed by atoms with Crippen LogP contribution in [0.2, 0.25) is 0 Å². The van der Waals surface area contributed by atoms with Crippen LogP contribution in [0.5, 0.6) is 0 Å². The zero-order chi connectivity index (χ0) is 15.5. The van der Waals surface area contributed by atoms with Crippen molar-refractivity contribution in [2.75, 3.05) is 13.7 Å². The molecule has 0 saturated heterocycles. The summed E-state index contributed by atoms with van der Waals surface area (Å²) in [5, 5.41) is 3.54. The molecule has 1 saturated carbocycles. The van der Waals surface area contributed by atoms with Gasteiger partial charge >= 0.3 is 0 Å². The van der Waals surface area contributed by atoms with E-state index in [-0.39, 0.29) is 11.6 Å². The normalized spacial score (nSPS) is 22.0. The molecule has 0 amide bonds. The molecule has 1 aromatic carbocycles. The zero-order valence-electron chi connectivity index (χ0n) is 14.3. The lowest BCUT2D eigenvalue weighted by molar-refractivity contribution is -0.106. The van der Waals surface area contributed by atoms with Crippen LogP contribution < -0.4 is 5.32 Å². The molecular weight excluding hydrogens is 258 g/mol. The predicted molar refractivity (Wildman–Crippen MR) is 89.6 cm³/mol. The van der Waals surface area contributed by atoms with Gasteiger partial charge in [-0.25, -0.2) is 0 Å². The molecule has 0 aromatic heterocycles. The Bertz CT molecular complexity index is 456. The van der Waals surface area contributed by atoms with E-state index in [2.05, 4.69) is 64.3 Å². The van der Waals surface area contributed by atoms with Crippen LogP contribution in [-0.2, 0) is 4.74 Å². The molecule has 1 N–H and O–H groups in total. The van der Waals surface area contributed by atoms with E-state index >= 15 is 0 Å². The molecule has 1 aliphatic rings. The average Bonchev–Trinajstić information content (AvgIpc) is 2.43. The molecule has 118 valence electrons. The number of hydrogen-bond acceptors (Lipinski definition) is 2. The van der Waals surface area contributed by atoms with Crippen molar-refractivity contribution in [3.63, 3.8) is 0 Å². The minimum absolute atomic E-state index is 0.0627. The molecule has 0 radical (unpaired) electrons. The Morgan fingerprint density at radius 3 is 2.38 bits per heavy atom. The number of nitrogens with one attached hydrogen (secondary N) is 1. The van der Waals surface area contributed by atoms with E-state index in [1.807, 2.05) is 0 Å². The van der Waals surface area contributed by atoms with Crippen molar-refractivity contribution < 1.29 is 4.74 Å². The molecule has 1 unspecified atom stereocenters. The van der Waals surface area contributed by atoms with Gasteiger partial charge in [-0.2, -0.15) is 0 Å². The monoisotopic (exact) mass is 289 g/mol. The summed E-state index contributed by atoms with van der Waals surface area (Å²) in [6.45, 7) is 9.82. The number of benzene rings is 1. The maximum Gasteiger partial charge on any atom is 0.0876 e. The second-order valence-corrected chi connectivity index (χ2v) is 7.30. The largest absolute Gasteiger partial charge is 0.373 e. The Morgan fingerprint density at radius 2 is 1.86 bits per heavy atom. The van der Waals surface area contributed by atoms with Crippen LogP contribution in [0.15, 0.2) is 24.3 Å². The fourth-order valence-electron chi connectivity index (χ4n) is 3.74. The molecule has 1 atom stereocenters. The Balaban J connectivity index is 2.31. The van der Waals surface area contributed by atoms with E-state index in [1.165, 1.54) is 24.0 Å². The van der Waals surface area contributed by atoms with Gasteiger partial charge < -0.3 is 10.1 Å². The first-order valence-corrected chi connectivity index (χ1v) is 8.30. The van der Waals surface area contributed by atoms with Crippen molar-refractivity contribution in [1.29, 1.82) is 0 Å². The number of likely N-dealkylation sites (N-methyl/N-ethyl adjacent to an activating group) is 1. The summed E-state index contributed by atoms with van der Waals surface area (Å²) >= 11 is 0. The van der Waals surface area contributed by atoms with Crippen LogP contribution in [0.1, 0.15) is 63.6 Å². The highest BCUT2D eigenvalue weighted by Crippen LogP contribution is 2.47. The lowest BCUT2D eigenvalue weighted by atomic mass is 9.67. The summed E-state index contributed by atoms with van der Waals surface area (Å²) in [7, 11) is 2.06. The van der Waals surface area contributed by atoms with Crippen molar-refractivity contribution in [3.05, 3.63) is 35.4 Å². The third-order valence-corrected chi connectivity index (χ3v) is 5.07. The Labute approximate surface area is 130 Å². The number of rotatable bonds is 5. The van der Waals surface area contributed by atoms with Crippen LogP contribution >= 0.6 is 0 Å². The molecule has 0 spiro atoms. The fraction of sp³-hybridized carbons (Fsp3) is 0.684. The lowest BCUT2D eigenvalue weighted by Crippen LogP contribution is -2.49. The standard InChI is InChI=1S/C19H31NO/c1-6-21-19(12-10-18(3,4)11-13-19)17(20-5)16-9-7-8-15(2)14-16/h7-9,14,17,20H,6,10-13H2,1-5H3.